The largest absolute Gasteiger partial charge is 0.321 e. The van der Waals surface area contributed by atoms with Gasteiger partial charge in [0.15, 0.2) is 5.78 Å². The first-order chi connectivity index (χ1) is 11.5. The molecular formula is C18H13FN2O2S. The van der Waals surface area contributed by atoms with Gasteiger partial charge in [-0.3, -0.25) is 9.59 Å². The van der Waals surface area contributed by atoms with Crippen molar-refractivity contribution in [2.45, 2.75) is 6.92 Å². The third-order valence-electron chi connectivity index (χ3n) is 3.38. The number of aromatic nitrogens is 1. The summed E-state index contributed by atoms with van der Waals surface area (Å²) in [4.78, 5) is 27.8. The first kappa shape index (κ1) is 16.0. The zero-order chi connectivity index (χ0) is 17.1. The van der Waals surface area contributed by atoms with Gasteiger partial charge in [-0.1, -0.05) is 0 Å². The second kappa shape index (κ2) is 6.72. The number of hydrogen-bond donors (Lipinski definition) is 1. The average Bonchev–Trinajstić information content (AvgIpc) is 3.06. The Balaban J connectivity index is 1.73. The normalized spacial score (nSPS) is 10.4. The van der Waals surface area contributed by atoms with E-state index in [1.54, 1.807) is 41.8 Å². The molecule has 0 atom stereocenters. The summed E-state index contributed by atoms with van der Waals surface area (Å²) in [6.45, 7) is 1.49. The molecule has 2 aromatic carbocycles. The average molecular weight is 340 g/mol. The molecule has 0 bridgehead atoms. The van der Waals surface area contributed by atoms with E-state index in [0.717, 1.165) is 5.56 Å². The maximum atomic E-state index is 13.0. The Hall–Kier alpha value is -2.86. The summed E-state index contributed by atoms with van der Waals surface area (Å²) >= 11 is 1.31. The molecule has 0 aliphatic heterocycles. The van der Waals surface area contributed by atoms with Gasteiger partial charge in [0.2, 0.25) is 0 Å². The van der Waals surface area contributed by atoms with Gasteiger partial charge < -0.3 is 5.32 Å². The lowest BCUT2D eigenvalue weighted by molar-refractivity contribution is 0.101. The molecule has 3 rings (SSSR count). The Morgan fingerprint density at radius 2 is 1.71 bits per heavy atom. The fourth-order valence-corrected chi connectivity index (χ4v) is 2.89. The highest BCUT2D eigenvalue weighted by Gasteiger charge is 2.12. The van der Waals surface area contributed by atoms with E-state index in [-0.39, 0.29) is 23.2 Å². The van der Waals surface area contributed by atoms with E-state index >= 15 is 0 Å². The number of thiazole rings is 1. The first-order valence-electron chi connectivity index (χ1n) is 7.17. The van der Waals surface area contributed by atoms with Crippen LogP contribution in [-0.2, 0) is 0 Å². The van der Waals surface area contributed by atoms with Crippen molar-refractivity contribution < 1.29 is 14.0 Å². The summed E-state index contributed by atoms with van der Waals surface area (Å²) in [7, 11) is 0. The molecule has 0 aliphatic rings. The highest BCUT2D eigenvalue weighted by Crippen LogP contribution is 2.24. The van der Waals surface area contributed by atoms with Crippen molar-refractivity contribution in [3.63, 3.8) is 0 Å². The zero-order valence-electron chi connectivity index (χ0n) is 12.7. The molecular weight excluding hydrogens is 327 g/mol. The lowest BCUT2D eigenvalue weighted by Gasteiger charge is -2.03. The van der Waals surface area contributed by atoms with Crippen LogP contribution in [0, 0.1) is 5.82 Å². The van der Waals surface area contributed by atoms with Crippen LogP contribution >= 0.6 is 11.3 Å². The van der Waals surface area contributed by atoms with Gasteiger partial charge in [-0.2, -0.15) is 0 Å². The topological polar surface area (TPSA) is 59.1 Å². The van der Waals surface area contributed by atoms with E-state index in [1.165, 1.54) is 30.4 Å². The van der Waals surface area contributed by atoms with Gasteiger partial charge in [0, 0.05) is 22.2 Å². The number of carbonyl (C=O) groups is 2. The van der Waals surface area contributed by atoms with Crippen molar-refractivity contribution in [1.82, 2.24) is 4.98 Å². The third-order valence-corrected chi connectivity index (χ3v) is 4.27. The number of ketones is 1. The van der Waals surface area contributed by atoms with Crippen LogP contribution in [0.15, 0.2) is 53.9 Å². The quantitative estimate of drug-likeness (QED) is 0.716. The molecule has 3 aromatic rings. The number of anilines is 1. The SMILES string of the molecule is CC(=O)c1ccc(NC(=O)c2csc(-c3ccc(F)cc3)n2)cc1. The summed E-state index contributed by atoms with van der Waals surface area (Å²) in [5.74, 6) is -0.686. The van der Waals surface area contributed by atoms with Crippen LogP contribution in [0.2, 0.25) is 0 Å². The van der Waals surface area contributed by atoms with Crippen molar-refractivity contribution in [1.29, 1.82) is 0 Å². The van der Waals surface area contributed by atoms with Crippen LogP contribution in [0.3, 0.4) is 0 Å². The zero-order valence-corrected chi connectivity index (χ0v) is 13.6. The molecule has 0 fully saturated rings. The predicted molar refractivity (Wildman–Crippen MR) is 91.9 cm³/mol. The number of carbonyl (C=O) groups excluding carboxylic acids is 2. The van der Waals surface area contributed by atoms with Crippen LogP contribution in [0.1, 0.15) is 27.8 Å². The molecule has 0 spiro atoms. The van der Waals surface area contributed by atoms with Crippen molar-refractivity contribution in [2.24, 2.45) is 0 Å². The van der Waals surface area contributed by atoms with Crippen molar-refractivity contribution in [3.05, 3.63) is 71.0 Å². The summed E-state index contributed by atoms with van der Waals surface area (Å²) < 4.78 is 13.0. The smallest absolute Gasteiger partial charge is 0.275 e. The summed E-state index contributed by atoms with van der Waals surface area (Å²) in [5.41, 5.74) is 2.21. The highest BCUT2D eigenvalue weighted by molar-refractivity contribution is 7.13. The number of halogens is 1. The molecule has 1 amide bonds. The minimum absolute atomic E-state index is 0.0312. The monoisotopic (exact) mass is 340 g/mol. The number of nitrogens with one attached hydrogen (secondary N) is 1. The molecule has 1 heterocycles. The lowest BCUT2D eigenvalue weighted by Crippen LogP contribution is -2.12. The Kier molecular flexibility index (Phi) is 4.48. The van der Waals surface area contributed by atoms with Gasteiger partial charge in [0.05, 0.1) is 0 Å². The van der Waals surface area contributed by atoms with Gasteiger partial charge >= 0.3 is 0 Å². The number of Topliss-reactive ketones (excluding diaryl/α,β-unsaturated/α-hetero) is 1. The Morgan fingerprint density at radius 3 is 2.33 bits per heavy atom. The van der Waals surface area contributed by atoms with Gasteiger partial charge in [-0.05, 0) is 55.5 Å². The predicted octanol–water partition coefficient (Wildman–Crippen LogP) is 4.40. The third kappa shape index (κ3) is 3.55. The fraction of sp³-hybridized carbons (Fsp3) is 0.0556. The highest BCUT2D eigenvalue weighted by atomic mass is 32.1. The van der Waals surface area contributed by atoms with E-state index in [2.05, 4.69) is 10.3 Å². The minimum Gasteiger partial charge on any atom is -0.321 e. The summed E-state index contributed by atoms with van der Waals surface area (Å²) in [5, 5.41) is 5.03. The van der Waals surface area contributed by atoms with E-state index in [1.807, 2.05) is 0 Å². The van der Waals surface area contributed by atoms with Crippen molar-refractivity contribution >= 4 is 28.7 Å². The molecule has 4 nitrogen and oxygen atoms in total. The second-order valence-electron chi connectivity index (χ2n) is 5.13. The molecule has 120 valence electrons. The first-order valence-corrected chi connectivity index (χ1v) is 8.05. The Bertz CT molecular complexity index is 886. The van der Waals surface area contributed by atoms with E-state index in [4.69, 9.17) is 0 Å². The van der Waals surface area contributed by atoms with Crippen LogP contribution in [0.5, 0.6) is 0 Å². The Labute approximate surface area is 142 Å². The Morgan fingerprint density at radius 1 is 1.04 bits per heavy atom. The van der Waals surface area contributed by atoms with Crippen LogP contribution in [-0.4, -0.2) is 16.7 Å². The van der Waals surface area contributed by atoms with Gasteiger partial charge in [0.25, 0.3) is 5.91 Å². The van der Waals surface area contributed by atoms with Crippen molar-refractivity contribution in [3.8, 4) is 10.6 Å². The van der Waals surface area contributed by atoms with Crippen LogP contribution in [0.25, 0.3) is 10.6 Å². The van der Waals surface area contributed by atoms with Crippen LogP contribution < -0.4 is 5.32 Å². The number of nitrogens with zero attached hydrogens (tertiary/aromatic N) is 1. The number of amides is 1. The molecule has 0 saturated heterocycles. The molecule has 1 aromatic heterocycles. The van der Waals surface area contributed by atoms with E-state index in [9.17, 15) is 14.0 Å². The van der Waals surface area contributed by atoms with Crippen LogP contribution in [0.4, 0.5) is 10.1 Å². The molecule has 6 heteroatoms. The van der Waals surface area contributed by atoms with Gasteiger partial charge in [-0.25, -0.2) is 9.37 Å². The van der Waals surface area contributed by atoms with E-state index < -0.39 is 0 Å². The molecule has 0 saturated carbocycles. The number of benzene rings is 2. The van der Waals surface area contributed by atoms with Gasteiger partial charge in [0.1, 0.15) is 16.5 Å². The molecule has 24 heavy (non-hydrogen) atoms. The second-order valence-corrected chi connectivity index (χ2v) is 5.99. The standard InChI is InChI=1S/C18H13FN2O2S/c1-11(22)12-4-8-15(9-5-12)20-17(23)16-10-24-18(21-16)13-2-6-14(19)7-3-13/h2-10H,1H3,(H,20,23). The maximum absolute atomic E-state index is 13.0. The molecule has 0 unspecified atom stereocenters. The summed E-state index contributed by atoms with van der Waals surface area (Å²) in [6, 6.07) is 12.6. The lowest BCUT2D eigenvalue weighted by atomic mass is 10.1. The number of hydrogen-bond acceptors (Lipinski definition) is 4. The molecule has 0 aliphatic carbocycles. The molecule has 1 N–H and O–H groups in total. The van der Waals surface area contributed by atoms with E-state index in [0.29, 0.717) is 16.3 Å². The summed E-state index contributed by atoms with van der Waals surface area (Å²) in [6.07, 6.45) is 0. The molecule has 0 radical (unpaired) electrons. The van der Waals surface area contributed by atoms with Crippen molar-refractivity contribution in [2.75, 3.05) is 5.32 Å². The van der Waals surface area contributed by atoms with Gasteiger partial charge in [-0.15, -0.1) is 11.3 Å². The number of rotatable bonds is 4. The maximum Gasteiger partial charge on any atom is 0.275 e. The fourth-order valence-electron chi connectivity index (χ4n) is 2.09. The minimum atomic E-state index is -0.338.